The van der Waals surface area contributed by atoms with Gasteiger partial charge in [-0.3, -0.25) is 4.79 Å². The number of esters is 1. The third-order valence-corrected chi connectivity index (χ3v) is 3.78. The van der Waals surface area contributed by atoms with Crippen LogP contribution < -0.4 is 5.73 Å². The molecule has 118 valence electrons. The van der Waals surface area contributed by atoms with E-state index in [1.807, 2.05) is 38.1 Å². The number of rotatable bonds is 9. The van der Waals surface area contributed by atoms with E-state index in [1.165, 1.54) is 19.3 Å². The molecule has 0 bridgehead atoms. The highest BCUT2D eigenvalue weighted by atomic mass is 16.5. The minimum absolute atomic E-state index is 0.0213. The third kappa shape index (κ3) is 7.16. The molecular formula is C18H29NO2. The summed E-state index contributed by atoms with van der Waals surface area (Å²) in [6, 6.07) is 7.68. The lowest BCUT2D eigenvalue weighted by atomic mass is 9.98. The second-order valence-electron chi connectivity index (χ2n) is 5.92. The van der Waals surface area contributed by atoms with Gasteiger partial charge in [-0.05, 0) is 43.4 Å². The summed E-state index contributed by atoms with van der Waals surface area (Å²) in [6.45, 7) is 6.22. The van der Waals surface area contributed by atoms with Gasteiger partial charge in [0.15, 0.2) is 0 Å². The SMILES string of the molecule is CCCCCCC(C)OC(=O)CC(C)c1ccc(N)cc1. The number of hydrogen-bond acceptors (Lipinski definition) is 3. The Morgan fingerprint density at radius 1 is 1.14 bits per heavy atom. The Bertz CT molecular complexity index is 414. The molecule has 2 atom stereocenters. The van der Waals surface area contributed by atoms with Crippen LogP contribution in [0.3, 0.4) is 0 Å². The lowest BCUT2D eigenvalue weighted by molar-refractivity contribution is -0.148. The highest BCUT2D eigenvalue weighted by Gasteiger charge is 2.14. The van der Waals surface area contributed by atoms with Gasteiger partial charge in [0.05, 0.1) is 12.5 Å². The van der Waals surface area contributed by atoms with Crippen LogP contribution in [0.25, 0.3) is 0 Å². The van der Waals surface area contributed by atoms with E-state index >= 15 is 0 Å². The lowest BCUT2D eigenvalue weighted by Crippen LogP contribution is -2.16. The van der Waals surface area contributed by atoms with Gasteiger partial charge in [-0.2, -0.15) is 0 Å². The van der Waals surface area contributed by atoms with E-state index in [0.29, 0.717) is 6.42 Å². The molecule has 1 rings (SSSR count). The number of nitrogens with two attached hydrogens (primary N) is 1. The molecule has 0 heterocycles. The van der Waals surface area contributed by atoms with Crippen molar-refractivity contribution in [1.82, 2.24) is 0 Å². The maximum Gasteiger partial charge on any atom is 0.306 e. The highest BCUT2D eigenvalue weighted by Crippen LogP contribution is 2.21. The normalized spacial score (nSPS) is 13.7. The minimum atomic E-state index is -0.109. The Labute approximate surface area is 128 Å². The molecule has 21 heavy (non-hydrogen) atoms. The lowest BCUT2D eigenvalue weighted by Gasteiger charge is -2.16. The van der Waals surface area contributed by atoms with E-state index in [1.54, 1.807) is 0 Å². The van der Waals surface area contributed by atoms with Gasteiger partial charge in [-0.15, -0.1) is 0 Å². The Morgan fingerprint density at radius 2 is 1.81 bits per heavy atom. The average Bonchev–Trinajstić information content (AvgIpc) is 2.44. The summed E-state index contributed by atoms with van der Waals surface area (Å²) in [5, 5.41) is 0. The number of hydrogen-bond donors (Lipinski definition) is 1. The van der Waals surface area contributed by atoms with Gasteiger partial charge in [0.25, 0.3) is 0 Å². The number of anilines is 1. The second kappa shape index (κ2) is 9.43. The average molecular weight is 291 g/mol. The van der Waals surface area contributed by atoms with Gasteiger partial charge in [0, 0.05) is 5.69 Å². The minimum Gasteiger partial charge on any atom is -0.463 e. The fraction of sp³-hybridized carbons (Fsp3) is 0.611. The molecule has 2 unspecified atom stereocenters. The van der Waals surface area contributed by atoms with Crippen molar-refractivity contribution in [3.63, 3.8) is 0 Å². The van der Waals surface area contributed by atoms with Crippen LogP contribution in [0, 0.1) is 0 Å². The smallest absolute Gasteiger partial charge is 0.306 e. The predicted molar refractivity (Wildman–Crippen MR) is 88.2 cm³/mol. The predicted octanol–water partition coefficient (Wildman–Crippen LogP) is 4.66. The Balaban J connectivity index is 2.30. The van der Waals surface area contributed by atoms with Crippen molar-refractivity contribution in [3.8, 4) is 0 Å². The second-order valence-corrected chi connectivity index (χ2v) is 5.92. The molecule has 0 radical (unpaired) electrons. The third-order valence-electron chi connectivity index (χ3n) is 3.78. The highest BCUT2D eigenvalue weighted by molar-refractivity contribution is 5.70. The molecule has 2 N–H and O–H groups in total. The molecule has 1 aromatic carbocycles. The number of nitrogen functional groups attached to an aromatic ring is 1. The molecule has 3 nitrogen and oxygen atoms in total. The van der Waals surface area contributed by atoms with E-state index in [4.69, 9.17) is 10.5 Å². The first-order chi connectivity index (χ1) is 10.0. The molecule has 3 heteroatoms. The van der Waals surface area contributed by atoms with E-state index < -0.39 is 0 Å². The number of carbonyl (C=O) groups is 1. The molecule has 0 amide bonds. The number of carbonyl (C=O) groups excluding carboxylic acids is 1. The molecular weight excluding hydrogens is 262 g/mol. The van der Waals surface area contributed by atoms with Crippen LogP contribution in [0.4, 0.5) is 5.69 Å². The Morgan fingerprint density at radius 3 is 2.43 bits per heavy atom. The summed E-state index contributed by atoms with van der Waals surface area (Å²) in [6.07, 6.45) is 6.25. The first kappa shape index (κ1) is 17.5. The van der Waals surface area contributed by atoms with Crippen molar-refractivity contribution in [2.75, 3.05) is 5.73 Å². The summed E-state index contributed by atoms with van der Waals surface area (Å²) in [7, 11) is 0. The van der Waals surface area contributed by atoms with Crippen molar-refractivity contribution >= 4 is 11.7 Å². The Hall–Kier alpha value is -1.51. The zero-order valence-corrected chi connectivity index (χ0v) is 13.6. The van der Waals surface area contributed by atoms with E-state index in [2.05, 4.69) is 6.92 Å². The van der Waals surface area contributed by atoms with Crippen LogP contribution in [0.5, 0.6) is 0 Å². The molecule has 0 aliphatic rings. The molecule has 0 aromatic heterocycles. The monoisotopic (exact) mass is 291 g/mol. The summed E-state index contributed by atoms with van der Waals surface area (Å²) < 4.78 is 5.48. The quantitative estimate of drug-likeness (QED) is 0.409. The van der Waals surface area contributed by atoms with E-state index in [9.17, 15) is 4.79 Å². The van der Waals surface area contributed by atoms with Crippen LogP contribution in [0.15, 0.2) is 24.3 Å². The van der Waals surface area contributed by atoms with Gasteiger partial charge < -0.3 is 10.5 Å². The Kier molecular flexibility index (Phi) is 7.88. The molecule has 0 spiro atoms. The summed E-state index contributed by atoms with van der Waals surface area (Å²) >= 11 is 0. The topological polar surface area (TPSA) is 52.3 Å². The summed E-state index contributed by atoms with van der Waals surface area (Å²) in [4.78, 5) is 11.9. The largest absolute Gasteiger partial charge is 0.463 e. The molecule has 0 aliphatic carbocycles. The van der Waals surface area contributed by atoms with Crippen molar-refractivity contribution in [1.29, 1.82) is 0 Å². The first-order valence-corrected chi connectivity index (χ1v) is 8.07. The van der Waals surface area contributed by atoms with Gasteiger partial charge in [0.2, 0.25) is 0 Å². The number of unbranched alkanes of at least 4 members (excludes halogenated alkanes) is 3. The standard InChI is InChI=1S/C18H29NO2/c1-4-5-6-7-8-15(3)21-18(20)13-14(2)16-9-11-17(19)12-10-16/h9-12,14-15H,4-8,13,19H2,1-3H3. The van der Waals surface area contributed by atoms with Gasteiger partial charge >= 0.3 is 5.97 Å². The van der Waals surface area contributed by atoms with Gasteiger partial charge in [-0.1, -0.05) is 45.2 Å². The molecule has 1 aromatic rings. The van der Waals surface area contributed by atoms with Crippen LogP contribution >= 0.6 is 0 Å². The van der Waals surface area contributed by atoms with Gasteiger partial charge in [0.1, 0.15) is 0 Å². The zero-order valence-electron chi connectivity index (χ0n) is 13.6. The fourth-order valence-electron chi connectivity index (χ4n) is 2.38. The van der Waals surface area contributed by atoms with Crippen LogP contribution in [0.1, 0.15) is 70.8 Å². The fourth-order valence-corrected chi connectivity index (χ4v) is 2.38. The van der Waals surface area contributed by atoms with Crippen LogP contribution in [-0.2, 0) is 9.53 Å². The number of ether oxygens (including phenoxy) is 1. The van der Waals surface area contributed by atoms with E-state index in [0.717, 1.165) is 24.1 Å². The van der Waals surface area contributed by atoms with Gasteiger partial charge in [-0.25, -0.2) is 0 Å². The number of benzene rings is 1. The maximum atomic E-state index is 11.9. The molecule has 0 saturated carbocycles. The molecule has 0 saturated heterocycles. The first-order valence-electron chi connectivity index (χ1n) is 8.07. The van der Waals surface area contributed by atoms with Crippen molar-refractivity contribution in [3.05, 3.63) is 29.8 Å². The van der Waals surface area contributed by atoms with Crippen molar-refractivity contribution < 1.29 is 9.53 Å². The van der Waals surface area contributed by atoms with Crippen LogP contribution in [0.2, 0.25) is 0 Å². The van der Waals surface area contributed by atoms with E-state index in [-0.39, 0.29) is 18.0 Å². The van der Waals surface area contributed by atoms with Crippen molar-refractivity contribution in [2.24, 2.45) is 0 Å². The van der Waals surface area contributed by atoms with Crippen LogP contribution in [-0.4, -0.2) is 12.1 Å². The summed E-state index contributed by atoms with van der Waals surface area (Å²) in [5.74, 6) is 0.0488. The summed E-state index contributed by atoms with van der Waals surface area (Å²) in [5.41, 5.74) is 7.54. The molecule has 0 fully saturated rings. The maximum absolute atomic E-state index is 11.9. The molecule has 0 aliphatic heterocycles. The van der Waals surface area contributed by atoms with Crippen molar-refractivity contribution in [2.45, 2.75) is 71.3 Å². The zero-order chi connectivity index (χ0) is 15.7.